The molecule has 2 rings (SSSR count). The molecule has 1 aliphatic heterocycles. The Morgan fingerprint density at radius 2 is 1.95 bits per heavy atom. The van der Waals surface area contributed by atoms with Crippen LogP contribution < -0.4 is 10.6 Å². The quantitative estimate of drug-likeness (QED) is 0.898. The highest BCUT2D eigenvalue weighted by atomic mass is 15.1. The van der Waals surface area contributed by atoms with Gasteiger partial charge in [-0.15, -0.1) is 0 Å². The first-order chi connectivity index (χ1) is 9.06. The smallest absolute Gasteiger partial charge is 0.0366 e. The van der Waals surface area contributed by atoms with Gasteiger partial charge in [-0.05, 0) is 54.8 Å². The average Bonchev–Trinajstić information content (AvgIpc) is 2.41. The van der Waals surface area contributed by atoms with Crippen LogP contribution in [0, 0.1) is 11.3 Å². The van der Waals surface area contributed by atoms with Gasteiger partial charge in [0, 0.05) is 18.8 Å². The monoisotopic (exact) mass is 260 g/mol. The van der Waals surface area contributed by atoms with E-state index in [2.05, 4.69) is 49.9 Å². The van der Waals surface area contributed by atoms with E-state index in [0.717, 1.165) is 31.8 Å². The molecule has 1 aromatic rings. The van der Waals surface area contributed by atoms with Gasteiger partial charge in [-0.2, -0.15) is 0 Å². The number of nitrogens with zero attached hydrogens (tertiary/aromatic N) is 1. The van der Waals surface area contributed by atoms with Crippen LogP contribution in [0.5, 0.6) is 0 Å². The van der Waals surface area contributed by atoms with Gasteiger partial charge in [0.2, 0.25) is 0 Å². The molecule has 1 atom stereocenters. The summed E-state index contributed by atoms with van der Waals surface area (Å²) in [6.45, 7) is 10.1. The van der Waals surface area contributed by atoms with Crippen molar-refractivity contribution in [3.63, 3.8) is 0 Å². The first-order valence-corrected chi connectivity index (χ1v) is 7.61. The van der Waals surface area contributed by atoms with Crippen LogP contribution in [0.25, 0.3) is 0 Å². The normalized spacial score (nSPS) is 22.5. The van der Waals surface area contributed by atoms with Crippen LogP contribution in [0.15, 0.2) is 24.3 Å². The molecular weight excluding hydrogens is 232 g/mol. The zero-order valence-electron chi connectivity index (χ0n) is 12.7. The molecule has 0 amide bonds. The number of nitrogens with two attached hydrogens (primary N) is 1. The van der Waals surface area contributed by atoms with Gasteiger partial charge in [0.1, 0.15) is 0 Å². The van der Waals surface area contributed by atoms with Crippen molar-refractivity contribution in [1.29, 1.82) is 0 Å². The van der Waals surface area contributed by atoms with E-state index in [1.54, 1.807) is 0 Å². The lowest BCUT2D eigenvalue weighted by Gasteiger charge is -2.45. The summed E-state index contributed by atoms with van der Waals surface area (Å²) in [6, 6.07) is 9.07. The Balaban J connectivity index is 2.07. The molecule has 0 spiro atoms. The van der Waals surface area contributed by atoms with Crippen molar-refractivity contribution in [1.82, 2.24) is 0 Å². The van der Waals surface area contributed by atoms with Crippen molar-refractivity contribution < 1.29 is 0 Å². The van der Waals surface area contributed by atoms with E-state index in [4.69, 9.17) is 5.73 Å². The Bertz CT molecular complexity index is 394. The molecule has 1 heterocycles. The van der Waals surface area contributed by atoms with Gasteiger partial charge in [-0.25, -0.2) is 0 Å². The lowest BCUT2D eigenvalue weighted by Crippen LogP contribution is -2.46. The Hall–Kier alpha value is -1.02. The van der Waals surface area contributed by atoms with E-state index in [1.165, 1.54) is 24.2 Å². The molecule has 19 heavy (non-hydrogen) atoms. The fourth-order valence-electron chi connectivity index (χ4n) is 3.30. The van der Waals surface area contributed by atoms with E-state index in [-0.39, 0.29) is 0 Å². The van der Waals surface area contributed by atoms with Crippen LogP contribution in [0.1, 0.15) is 39.2 Å². The zero-order valence-corrected chi connectivity index (χ0v) is 12.7. The summed E-state index contributed by atoms with van der Waals surface area (Å²) >= 11 is 0. The number of hydrogen-bond acceptors (Lipinski definition) is 2. The molecule has 1 saturated heterocycles. The van der Waals surface area contributed by atoms with E-state index in [0.29, 0.717) is 5.41 Å². The molecule has 2 N–H and O–H groups in total. The van der Waals surface area contributed by atoms with Gasteiger partial charge in [0.15, 0.2) is 0 Å². The van der Waals surface area contributed by atoms with Crippen LogP contribution in [-0.4, -0.2) is 19.6 Å². The van der Waals surface area contributed by atoms with Crippen LogP contribution in [-0.2, 0) is 6.42 Å². The minimum absolute atomic E-state index is 0.362. The second-order valence-electron chi connectivity index (χ2n) is 6.49. The van der Waals surface area contributed by atoms with Crippen molar-refractivity contribution in [3.8, 4) is 0 Å². The summed E-state index contributed by atoms with van der Waals surface area (Å²) in [5.74, 6) is 0.767. The topological polar surface area (TPSA) is 29.3 Å². The summed E-state index contributed by atoms with van der Waals surface area (Å²) in [4.78, 5) is 2.53. The predicted octanol–water partition coefficient (Wildman–Crippen LogP) is 3.45. The number of benzene rings is 1. The first kappa shape index (κ1) is 14.4. The fourth-order valence-corrected chi connectivity index (χ4v) is 3.30. The maximum atomic E-state index is 5.74. The molecule has 0 saturated carbocycles. The van der Waals surface area contributed by atoms with Crippen LogP contribution in [0.2, 0.25) is 0 Å². The highest BCUT2D eigenvalue weighted by Gasteiger charge is 2.35. The number of piperidine rings is 1. The minimum atomic E-state index is 0.362. The molecule has 1 fully saturated rings. The van der Waals surface area contributed by atoms with E-state index < -0.39 is 0 Å². The second-order valence-corrected chi connectivity index (χ2v) is 6.49. The van der Waals surface area contributed by atoms with Crippen LogP contribution in [0.3, 0.4) is 0 Å². The zero-order chi connectivity index (χ0) is 13.9. The maximum absolute atomic E-state index is 5.74. The lowest BCUT2D eigenvalue weighted by atomic mass is 9.72. The van der Waals surface area contributed by atoms with Gasteiger partial charge in [0.05, 0.1) is 0 Å². The molecule has 1 aromatic carbocycles. The summed E-state index contributed by atoms with van der Waals surface area (Å²) in [5.41, 5.74) is 8.90. The third-order valence-corrected chi connectivity index (χ3v) is 4.68. The molecule has 0 aliphatic carbocycles. The third kappa shape index (κ3) is 3.30. The molecule has 2 heteroatoms. The largest absolute Gasteiger partial charge is 0.371 e. The SMILES string of the molecule is CCc1ccc(N2CCC(CCN)C(C)(C)C2)cc1. The summed E-state index contributed by atoms with van der Waals surface area (Å²) in [7, 11) is 0. The first-order valence-electron chi connectivity index (χ1n) is 7.61. The number of hydrogen-bond donors (Lipinski definition) is 1. The van der Waals surface area contributed by atoms with Gasteiger partial charge < -0.3 is 10.6 Å². The Kier molecular flexibility index (Phi) is 4.51. The average molecular weight is 260 g/mol. The second kappa shape index (κ2) is 5.96. The third-order valence-electron chi connectivity index (χ3n) is 4.68. The summed E-state index contributed by atoms with van der Waals surface area (Å²) in [6.07, 6.45) is 3.54. The predicted molar refractivity (Wildman–Crippen MR) is 83.6 cm³/mol. The van der Waals surface area contributed by atoms with Crippen LogP contribution in [0.4, 0.5) is 5.69 Å². The molecule has 0 radical (unpaired) electrons. The highest BCUT2D eigenvalue weighted by Crippen LogP contribution is 2.38. The molecule has 0 bridgehead atoms. The Morgan fingerprint density at radius 3 is 2.47 bits per heavy atom. The highest BCUT2D eigenvalue weighted by molar-refractivity contribution is 5.48. The van der Waals surface area contributed by atoms with Crippen molar-refractivity contribution in [3.05, 3.63) is 29.8 Å². The molecule has 0 aromatic heterocycles. The summed E-state index contributed by atoms with van der Waals surface area (Å²) < 4.78 is 0. The molecule has 1 aliphatic rings. The Morgan fingerprint density at radius 1 is 1.26 bits per heavy atom. The molecule has 106 valence electrons. The van der Waals surface area contributed by atoms with Crippen molar-refractivity contribution in [2.24, 2.45) is 17.1 Å². The number of rotatable bonds is 4. The van der Waals surface area contributed by atoms with Crippen molar-refractivity contribution in [2.45, 2.75) is 40.0 Å². The van der Waals surface area contributed by atoms with Gasteiger partial charge in [0.25, 0.3) is 0 Å². The summed E-state index contributed by atoms with van der Waals surface area (Å²) in [5, 5.41) is 0. The van der Waals surface area contributed by atoms with Gasteiger partial charge in [-0.1, -0.05) is 32.9 Å². The van der Waals surface area contributed by atoms with E-state index >= 15 is 0 Å². The standard InChI is InChI=1S/C17H28N2/c1-4-14-5-7-16(8-6-14)19-12-10-15(9-11-18)17(2,3)13-19/h5-8,15H,4,9-13,18H2,1-3H3. The van der Waals surface area contributed by atoms with Gasteiger partial charge in [-0.3, -0.25) is 0 Å². The van der Waals surface area contributed by atoms with Gasteiger partial charge >= 0.3 is 0 Å². The lowest BCUT2D eigenvalue weighted by molar-refractivity contribution is 0.167. The molecular formula is C17H28N2. The van der Waals surface area contributed by atoms with Crippen molar-refractivity contribution >= 4 is 5.69 Å². The maximum Gasteiger partial charge on any atom is 0.0366 e. The fraction of sp³-hybridized carbons (Fsp3) is 0.647. The molecule has 1 unspecified atom stereocenters. The number of anilines is 1. The number of aryl methyl sites for hydroxylation is 1. The van der Waals surface area contributed by atoms with E-state index in [1.807, 2.05) is 0 Å². The molecule has 2 nitrogen and oxygen atoms in total. The van der Waals surface area contributed by atoms with Crippen molar-refractivity contribution in [2.75, 3.05) is 24.5 Å². The van der Waals surface area contributed by atoms with Crippen LogP contribution >= 0.6 is 0 Å². The Labute approximate surface area is 118 Å². The van der Waals surface area contributed by atoms with E-state index in [9.17, 15) is 0 Å². The minimum Gasteiger partial charge on any atom is -0.371 e.